The minimum Gasteiger partial charge on any atom is -0.493 e. The lowest BCUT2D eigenvalue weighted by molar-refractivity contribution is 0.0914. The number of ether oxygens (including phenoxy) is 3. The van der Waals surface area contributed by atoms with Crippen LogP contribution in [0, 0.1) is 5.92 Å². The molecule has 0 aliphatic rings. The van der Waals surface area contributed by atoms with Gasteiger partial charge in [0, 0.05) is 5.56 Å². The highest BCUT2D eigenvalue weighted by Crippen LogP contribution is 2.40. The van der Waals surface area contributed by atoms with Gasteiger partial charge in [0.1, 0.15) is 6.04 Å². The summed E-state index contributed by atoms with van der Waals surface area (Å²) >= 11 is 1.38. The van der Waals surface area contributed by atoms with E-state index in [1.54, 1.807) is 39.5 Å². The minimum atomic E-state index is -0.409. The van der Waals surface area contributed by atoms with E-state index < -0.39 is 6.04 Å². The standard InChI is InChI=1S/C21H25N3O5S/c1-6-12(2)17(22-20(25)16-8-7-9-30-16)21-23-19(24-29-21)13-10-14(26-3)18(28-5)15(11-13)27-4/h7-12,17H,6H2,1-5H3,(H,22,25)/t12-,17-/m1/s1. The lowest BCUT2D eigenvalue weighted by atomic mass is 9.99. The van der Waals surface area contributed by atoms with Crippen molar-refractivity contribution in [1.82, 2.24) is 15.5 Å². The van der Waals surface area contributed by atoms with E-state index in [4.69, 9.17) is 18.7 Å². The Morgan fingerprint density at radius 2 is 1.90 bits per heavy atom. The molecule has 0 aliphatic carbocycles. The lowest BCUT2D eigenvalue weighted by Gasteiger charge is -2.20. The van der Waals surface area contributed by atoms with E-state index in [2.05, 4.69) is 15.5 Å². The van der Waals surface area contributed by atoms with Gasteiger partial charge in [0.15, 0.2) is 11.5 Å². The summed E-state index contributed by atoms with van der Waals surface area (Å²) in [7, 11) is 4.63. The summed E-state index contributed by atoms with van der Waals surface area (Å²) in [4.78, 5) is 17.8. The highest BCUT2D eigenvalue weighted by Gasteiger charge is 2.27. The van der Waals surface area contributed by atoms with Crippen molar-refractivity contribution in [1.29, 1.82) is 0 Å². The number of nitrogens with one attached hydrogen (secondary N) is 1. The molecule has 0 spiro atoms. The van der Waals surface area contributed by atoms with Crippen LogP contribution in [0.3, 0.4) is 0 Å². The molecule has 2 aromatic heterocycles. The Labute approximate surface area is 179 Å². The summed E-state index contributed by atoms with van der Waals surface area (Å²) in [6, 6.07) is 6.71. The van der Waals surface area contributed by atoms with Crippen molar-refractivity contribution in [3.05, 3.63) is 40.4 Å². The molecule has 0 saturated heterocycles. The van der Waals surface area contributed by atoms with Gasteiger partial charge in [0.25, 0.3) is 5.91 Å². The summed E-state index contributed by atoms with van der Waals surface area (Å²) in [6.07, 6.45) is 0.831. The zero-order chi connectivity index (χ0) is 21.7. The fourth-order valence-electron chi connectivity index (χ4n) is 2.99. The zero-order valence-electron chi connectivity index (χ0n) is 17.6. The first-order valence-electron chi connectivity index (χ1n) is 9.50. The summed E-state index contributed by atoms with van der Waals surface area (Å²) in [6.45, 7) is 4.08. The molecule has 0 saturated carbocycles. The number of methoxy groups -OCH3 is 3. The van der Waals surface area contributed by atoms with Crippen LogP contribution in [-0.2, 0) is 0 Å². The van der Waals surface area contributed by atoms with E-state index in [1.165, 1.54) is 11.3 Å². The molecule has 9 heteroatoms. The predicted octanol–water partition coefficient (Wildman–Crippen LogP) is 4.34. The first-order valence-corrected chi connectivity index (χ1v) is 10.4. The Balaban J connectivity index is 1.93. The molecule has 160 valence electrons. The number of hydrogen-bond acceptors (Lipinski definition) is 8. The van der Waals surface area contributed by atoms with Gasteiger partial charge in [-0.1, -0.05) is 31.5 Å². The van der Waals surface area contributed by atoms with Crippen molar-refractivity contribution in [3.63, 3.8) is 0 Å². The number of nitrogens with zero attached hydrogens (tertiary/aromatic N) is 2. The smallest absolute Gasteiger partial charge is 0.262 e. The number of amides is 1. The number of hydrogen-bond donors (Lipinski definition) is 1. The second-order valence-corrected chi connectivity index (χ2v) is 7.63. The topological polar surface area (TPSA) is 95.7 Å². The van der Waals surface area contributed by atoms with Crippen LogP contribution < -0.4 is 19.5 Å². The molecule has 0 aliphatic heterocycles. The van der Waals surface area contributed by atoms with Gasteiger partial charge in [0.2, 0.25) is 17.5 Å². The van der Waals surface area contributed by atoms with E-state index in [0.29, 0.717) is 39.4 Å². The van der Waals surface area contributed by atoms with E-state index in [1.807, 2.05) is 25.3 Å². The number of rotatable bonds is 9. The van der Waals surface area contributed by atoms with Crippen LogP contribution in [0.5, 0.6) is 17.2 Å². The maximum atomic E-state index is 12.6. The molecule has 0 unspecified atom stereocenters. The van der Waals surface area contributed by atoms with Crippen molar-refractivity contribution >= 4 is 17.2 Å². The fraction of sp³-hybridized carbons (Fsp3) is 0.381. The first-order chi connectivity index (χ1) is 14.5. The van der Waals surface area contributed by atoms with Gasteiger partial charge in [-0.2, -0.15) is 4.98 Å². The van der Waals surface area contributed by atoms with Gasteiger partial charge in [-0.15, -0.1) is 11.3 Å². The van der Waals surface area contributed by atoms with Crippen LogP contribution in [-0.4, -0.2) is 37.4 Å². The van der Waals surface area contributed by atoms with Crippen molar-refractivity contribution in [2.45, 2.75) is 26.3 Å². The third-order valence-corrected chi connectivity index (χ3v) is 5.74. The third kappa shape index (κ3) is 4.40. The molecule has 8 nitrogen and oxygen atoms in total. The average Bonchev–Trinajstić information content (AvgIpc) is 3.48. The Morgan fingerprint density at radius 3 is 2.43 bits per heavy atom. The van der Waals surface area contributed by atoms with Crippen LogP contribution in [0.15, 0.2) is 34.2 Å². The molecule has 2 heterocycles. The highest BCUT2D eigenvalue weighted by atomic mass is 32.1. The van der Waals surface area contributed by atoms with Gasteiger partial charge in [-0.25, -0.2) is 0 Å². The zero-order valence-corrected chi connectivity index (χ0v) is 18.4. The Bertz CT molecular complexity index is 961. The molecular weight excluding hydrogens is 406 g/mol. The normalized spacial score (nSPS) is 12.8. The minimum absolute atomic E-state index is 0.0992. The average molecular weight is 432 g/mol. The second-order valence-electron chi connectivity index (χ2n) is 6.68. The number of carbonyl (C=O) groups excluding carboxylic acids is 1. The molecule has 1 aromatic carbocycles. The van der Waals surface area contributed by atoms with Crippen LogP contribution in [0.2, 0.25) is 0 Å². The van der Waals surface area contributed by atoms with Gasteiger partial charge in [-0.05, 0) is 29.5 Å². The van der Waals surface area contributed by atoms with Crippen LogP contribution in [0.25, 0.3) is 11.4 Å². The highest BCUT2D eigenvalue weighted by molar-refractivity contribution is 7.12. The van der Waals surface area contributed by atoms with Crippen molar-refractivity contribution in [2.24, 2.45) is 5.92 Å². The van der Waals surface area contributed by atoms with E-state index in [-0.39, 0.29) is 11.8 Å². The van der Waals surface area contributed by atoms with Crippen molar-refractivity contribution in [3.8, 4) is 28.6 Å². The number of thiophene rings is 1. The Kier molecular flexibility index (Phi) is 6.94. The van der Waals surface area contributed by atoms with Crippen LogP contribution in [0.1, 0.15) is 41.9 Å². The Morgan fingerprint density at radius 1 is 1.20 bits per heavy atom. The summed E-state index contributed by atoms with van der Waals surface area (Å²) in [5.74, 6) is 2.10. The largest absolute Gasteiger partial charge is 0.493 e. The molecule has 0 radical (unpaired) electrons. The quantitative estimate of drug-likeness (QED) is 0.538. The van der Waals surface area contributed by atoms with Crippen LogP contribution >= 0.6 is 11.3 Å². The number of aromatic nitrogens is 2. The molecule has 30 heavy (non-hydrogen) atoms. The van der Waals surface area contributed by atoms with Gasteiger partial charge < -0.3 is 24.1 Å². The van der Waals surface area contributed by atoms with Crippen LogP contribution in [0.4, 0.5) is 0 Å². The van der Waals surface area contributed by atoms with Gasteiger partial charge in [-0.3, -0.25) is 4.79 Å². The van der Waals surface area contributed by atoms with E-state index in [0.717, 1.165) is 6.42 Å². The molecule has 0 bridgehead atoms. The van der Waals surface area contributed by atoms with Crippen molar-refractivity contribution in [2.75, 3.05) is 21.3 Å². The molecule has 1 N–H and O–H groups in total. The SMILES string of the molecule is CC[C@@H](C)[C@@H](NC(=O)c1cccs1)c1nc(-c2cc(OC)c(OC)c(OC)c2)no1. The first kappa shape index (κ1) is 21.6. The summed E-state index contributed by atoms with van der Waals surface area (Å²) in [5, 5.41) is 9.00. The van der Waals surface area contributed by atoms with Gasteiger partial charge >= 0.3 is 0 Å². The monoisotopic (exact) mass is 431 g/mol. The lowest BCUT2D eigenvalue weighted by Crippen LogP contribution is -2.32. The fourth-order valence-corrected chi connectivity index (χ4v) is 3.62. The molecule has 0 fully saturated rings. The maximum absolute atomic E-state index is 12.6. The third-order valence-electron chi connectivity index (χ3n) is 4.88. The molecule has 1 amide bonds. The number of carbonyl (C=O) groups is 1. The van der Waals surface area contributed by atoms with Gasteiger partial charge in [0.05, 0.1) is 26.2 Å². The second kappa shape index (κ2) is 9.62. The molecular formula is C21H25N3O5S. The summed E-state index contributed by atoms with van der Waals surface area (Å²) < 4.78 is 21.7. The maximum Gasteiger partial charge on any atom is 0.262 e. The summed E-state index contributed by atoms with van der Waals surface area (Å²) in [5.41, 5.74) is 0.645. The predicted molar refractivity (Wildman–Crippen MR) is 113 cm³/mol. The van der Waals surface area contributed by atoms with Crippen molar-refractivity contribution < 1.29 is 23.5 Å². The van der Waals surface area contributed by atoms with E-state index >= 15 is 0 Å². The molecule has 3 aromatic rings. The van der Waals surface area contributed by atoms with E-state index in [9.17, 15) is 4.79 Å². The number of benzene rings is 1. The molecule has 3 rings (SSSR count). The molecule has 2 atom stereocenters. The Hall–Kier alpha value is -3.07.